The van der Waals surface area contributed by atoms with Crippen molar-refractivity contribution < 1.29 is 14.6 Å². The summed E-state index contributed by atoms with van der Waals surface area (Å²) in [6.45, 7) is 3.06. The number of nitrogens with one attached hydrogen (secondary N) is 1. The van der Waals surface area contributed by atoms with Gasteiger partial charge in [0.15, 0.2) is 17.2 Å². The smallest absolute Gasteiger partial charge is 0.161 e. The third-order valence-corrected chi connectivity index (χ3v) is 4.83. The summed E-state index contributed by atoms with van der Waals surface area (Å²) in [7, 11) is 1.62. The van der Waals surface area contributed by atoms with Crippen LogP contribution in [-0.2, 0) is 13.2 Å². The lowest BCUT2D eigenvalue weighted by Crippen LogP contribution is -2.02. The van der Waals surface area contributed by atoms with Gasteiger partial charge in [0.05, 0.1) is 17.2 Å². The summed E-state index contributed by atoms with van der Waals surface area (Å²) in [6.07, 6.45) is 0. The van der Waals surface area contributed by atoms with Crippen LogP contribution in [-0.4, -0.2) is 12.2 Å². The molecule has 0 aliphatic rings. The third-order valence-electron chi connectivity index (χ3n) is 4.26. The molecule has 2 N–H and O–H groups in total. The van der Waals surface area contributed by atoms with Crippen molar-refractivity contribution in [3.8, 4) is 17.2 Å². The highest BCUT2D eigenvalue weighted by molar-refractivity contribution is 6.37. The average molecular weight is 418 g/mol. The van der Waals surface area contributed by atoms with Crippen LogP contribution in [0.1, 0.15) is 16.7 Å². The van der Waals surface area contributed by atoms with Gasteiger partial charge in [0.1, 0.15) is 6.61 Å². The number of aryl methyl sites for hydroxylation is 1. The van der Waals surface area contributed by atoms with Crippen LogP contribution in [0, 0.1) is 6.92 Å². The number of aromatic hydroxyl groups is 1. The number of halogens is 2. The van der Waals surface area contributed by atoms with Crippen molar-refractivity contribution in [2.24, 2.45) is 0 Å². The van der Waals surface area contributed by atoms with Crippen LogP contribution in [0.15, 0.2) is 54.6 Å². The highest BCUT2D eigenvalue weighted by Crippen LogP contribution is 2.35. The number of methoxy groups -OCH3 is 1. The van der Waals surface area contributed by atoms with Crippen molar-refractivity contribution in [2.75, 3.05) is 12.4 Å². The molecule has 0 fully saturated rings. The van der Waals surface area contributed by atoms with E-state index < -0.39 is 0 Å². The number of anilines is 1. The first-order chi connectivity index (χ1) is 13.5. The van der Waals surface area contributed by atoms with Gasteiger partial charge in [-0.15, -0.1) is 0 Å². The number of hydrogen-bond acceptors (Lipinski definition) is 4. The molecule has 0 bridgehead atoms. The Morgan fingerprint density at radius 3 is 2.18 bits per heavy atom. The van der Waals surface area contributed by atoms with Crippen molar-refractivity contribution in [2.45, 2.75) is 20.1 Å². The summed E-state index contributed by atoms with van der Waals surface area (Å²) in [6, 6.07) is 17.2. The van der Waals surface area contributed by atoms with Gasteiger partial charge in [-0.1, -0.05) is 59.1 Å². The number of phenolic OH excluding ortho intramolecular Hbond substituents is 1. The second-order valence-electron chi connectivity index (χ2n) is 6.40. The van der Waals surface area contributed by atoms with Crippen molar-refractivity contribution >= 4 is 28.9 Å². The molecule has 0 amide bonds. The van der Waals surface area contributed by atoms with E-state index in [1.165, 1.54) is 5.56 Å². The molecular weight excluding hydrogens is 397 g/mol. The molecule has 6 heteroatoms. The molecule has 0 unspecified atom stereocenters. The van der Waals surface area contributed by atoms with E-state index in [4.69, 9.17) is 32.7 Å². The van der Waals surface area contributed by atoms with Gasteiger partial charge in [0.25, 0.3) is 0 Å². The SMILES string of the molecule is COc1cc(CNc2cc(Cl)c(O)c(Cl)c2)ccc1OCc1ccc(C)cc1. The topological polar surface area (TPSA) is 50.7 Å². The Labute approximate surface area is 174 Å². The molecule has 0 saturated heterocycles. The van der Waals surface area contributed by atoms with Gasteiger partial charge in [-0.3, -0.25) is 0 Å². The monoisotopic (exact) mass is 417 g/mol. The zero-order valence-electron chi connectivity index (χ0n) is 15.6. The maximum Gasteiger partial charge on any atom is 0.161 e. The quantitative estimate of drug-likeness (QED) is 0.448. The highest BCUT2D eigenvalue weighted by atomic mass is 35.5. The Bertz CT molecular complexity index is 935. The Morgan fingerprint density at radius 2 is 1.54 bits per heavy atom. The lowest BCUT2D eigenvalue weighted by molar-refractivity contribution is 0.284. The molecule has 3 rings (SSSR count). The molecule has 0 radical (unpaired) electrons. The second kappa shape index (κ2) is 9.09. The van der Waals surface area contributed by atoms with Crippen LogP contribution >= 0.6 is 23.2 Å². The zero-order chi connectivity index (χ0) is 20.1. The predicted octanol–water partition coefficient (Wildman–Crippen LogP) is 6.21. The summed E-state index contributed by atoms with van der Waals surface area (Å²) in [5.41, 5.74) is 4.03. The van der Waals surface area contributed by atoms with Crippen LogP contribution in [0.25, 0.3) is 0 Å². The fraction of sp³-hybridized carbons (Fsp3) is 0.182. The summed E-state index contributed by atoms with van der Waals surface area (Å²) < 4.78 is 11.4. The van der Waals surface area contributed by atoms with Gasteiger partial charge < -0.3 is 19.9 Å². The maximum absolute atomic E-state index is 9.64. The molecule has 0 aliphatic carbocycles. The number of benzene rings is 3. The zero-order valence-corrected chi connectivity index (χ0v) is 17.1. The van der Waals surface area contributed by atoms with Crippen LogP contribution in [0.5, 0.6) is 17.2 Å². The van der Waals surface area contributed by atoms with Crippen molar-refractivity contribution in [1.29, 1.82) is 0 Å². The molecule has 0 spiro atoms. The lowest BCUT2D eigenvalue weighted by atomic mass is 10.1. The predicted molar refractivity (Wildman–Crippen MR) is 114 cm³/mol. The van der Waals surface area contributed by atoms with Gasteiger partial charge in [-0.2, -0.15) is 0 Å². The highest BCUT2D eigenvalue weighted by Gasteiger charge is 2.09. The molecule has 146 valence electrons. The standard InChI is InChI=1S/C22H21Cl2NO3/c1-14-3-5-15(6-4-14)13-28-20-8-7-16(9-21(20)27-2)12-25-17-10-18(23)22(26)19(24)11-17/h3-11,25-26H,12-13H2,1-2H3. The molecule has 28 heavy (non-hydrogen) atoms. The molecule has 0 aromatic heterocycles. The molecule has 4 nitrogen and oxygen atoms in total. The molecule has 0 heterocycles. The van der Waals surface area contributed by atoms with E-state index in [9.17, 15) is 5.11 Å². The van der Waals surface area contributed by atoms with Gasteiger partial charge >= 0.3 is 0 Å². The molecule has 3 aromatic rings. The van der Waals surface area contributed by atoms with Gasteiger partial charge in [0, 0.05) is 12.2 Å². The van der Waals surface area contributed by atoms with Gasteiger partial charge in [-0.05, 0) is 42.3 Å². The molecule has 3 aromatic carbocycles. The van der Waals surface area contributed by atoms with E-state index in [2.05, 4.69) is 24.4 Å². The first-order valence-corrected chi connectivity index (χ1v) is 9.49. The largest absolute Gasteiger partial charge is 0.505 e. The molecule has 0 aliphatic heterocycles. The van der Waals surface area contributed by atoms with Gasteiger partial charge in [-0.25, -0.2) is 0 Å². The van der Waals surface area contributed by atoms with Crippen LogP contribution < -0.4 is 14.8 Å². The van der Waals surface area contributed by atoms with Gasteiger partial charge in [0.2, 0.25) is 0 Å². The first kappa shape index (κ1) is 20.2. The first-order valence-electron chi connectivity index (χ1n) is 8.73. The minimum absolute atomic E-state index is 0.120. The summed E-state index contributed by atoms with van der Waals surface area (Å²) >= 11 is 11.9. The Kier molecular flexibility index (Phi) is 6.55. The maximum atomic E-state index is 9.64. The average Bonchev–Trinajstić information content (AvgIpc) is 2.70. The lowest BCUT2D eigenvalue weighted by Gasteiger charge is -2.14. The summed E-state index contributed by atoms with van der Waals surface area (Å²) in [5, 5.41) is 13.3. The molecule has 0 saturated carbocycles. The molecule has 0 atom stereocenters. The van der Waals surface area contributed by atoms with E-state index in [1.807, 2.05) is 30.3 Å². The van der Waals surface area contributed by atoms with Crippen molar-refractivity contribution in [3.63, 3.8) is 0 Å². The number of hydrogen-bond donors (Lipinski definition) is 2. The third kappa shape index (κ3) is 5.03. The minimum Gasteiger partial charge on any atom is -0.505 e. The van der Waals surface area contributed by atoms with Crippen molar-refractivity contribution in [1.82, 2.24) is 0 Å². The fourth-order valence-corrected chi connectivity index (χ4v) is 3.15. The normalized spacial score (nSPS) is 10.6. The summed E-state index contributed by atoms with van der Waals surface area (Å²) in [5.74, 6) is 1.22. The number of phenols is 1. The Hall–Kier alpha value is -2.56. The van der Waals surface area contributed by atoms with Crippen LogP contribution in [0.3, 0.4) is 0 Å². The minimum atomic E-state index is -0.120. The molecular formula is C22H21Cl2NO3. The Morgan fingerprint density at radius 1 is 0.893 bits per heavy atom. The van der Waals surface area contributed by atoms with E-state index in [0.717, 1.165) is 11.1 Å². The number of ether oxygens (including phenoxy) is 2. The van der Waals surface area contributed by atoms with Crippen LogP contribution in [0.2, 0.25) is 10.0 Å². The number of rotatable bonds is 7. The van der Waals surface area contributed by atoms with Crippen LogP contribution in [0.4, 0.5) is 5.69 Å². The second-order valence-corrected chi connectivity index (χ2v) is 7.22. The Balaban J connectivity index is 1.66. The van der Waals surface area contributed by atoms with E-state index in [0.29, 0.717) is 30.3 Å². The van der Waals surface area contributed by atoms with Crippen molar-refractivity contribution in [3.05, 3.63) is 81.3 Å². The van der Waals surface area contributed by atoms with E-state index in [-0.39, 0.29) is 15.8 Å². The van der Waals surface area contributed by atoms with E-state index >= 15 is 0 Å². The summed E-state index contributed by atoms with van der Waals surface area (Å²) in [4.78, 5) is 0. The van der Waals surface area contributed by atoms with E-state index in [1.54, 1.807) is 19.2 Å². The fourth-order valence-electron chi connectivity index (χ4n) is 2.66.